The molecule has 1 aromatic carbocycles. The van der Waals surface area contributed by atoms with E-state index >= 15 is 0 Å². The maximum Gasteiger partial charge on any atom is 0.251 e. The Labute approximate surface area is 118 Å². The molecule has 0 bridgehead atoms. The number of carbonyl (C=O) groups excluding carboxylic acids is 1. The summed E-state index contributed by atoms with van der Waals surface area (Å²) in [5, 5.41) is 21.7. The highest BCUT2D eigenvalue weighted by Crippen LogP contribution is 2.42. The van der Waals surface area contributed by atoms with Crippen LogP contribution >= 0.6 is 0 Å². The molecule has 1 saturated carbocycles. The highest BCUT2D eigenvalue weighted by Gasteiger charge is 2.49. The molecule has 0 radical (unpaired) electrons. The lowest BCUT2D eigenvalue weighted by Gasteiger charge is -2.51. The fourth-order valence-corrected chi connectivity index (χ4v) is 2.58. The van der Waals surface area contributed by atoms with Crippen molar-refractivity contribution in [3.8, 4) is 11.5 Å². The number of hydrogen-bond acceptors (Lipinski definition) is 4. The molecular formula is C15H21NO4. The summed E-state index contributed by atoms with van der Waals surface area (Å²) >= 11 is 0. The van der Waals surface area contributed by atoms with Crippen molar-refractivity contribution in [3.05, 3.63) is 23.8 Å². The van der Waals surface area contributed by atoms with Crippen LogP contribution in [0.15, 0.2) is 18.2 Å². The Bertz CT molecular complexity index is 492. The Morgan fingerprint density at radius 3 is 2.45 bits per heavy atom. The maximum atomic E-state index is 12.1. The summed E-state index contributed by atoms with van der Waals surface area (Å²) in [4.78, 5) is 12.1. The van der Waals surface area contributed by atoms with Crippen molar-refractivity contribution in [3.63, 3.8) is 0 Å². The Morgan fingerprint density at radius 2 is 1.95 bits per heavy atom. The minimum atomic E-state index is -0.302. The van der Waals surface area contributed by atoms with Crippen LogP contribution in [0.5, 0.6) is 11.5 Å². The van der Waals surface area contributed by atoms with Crippen molar-refractivity contribution in [2.75, 3.05) is 6.61 Å². The van der Waals surface area contributed by atoms with Gasteiger partial charge in [-0.3, -0.25) is 4.79 Å². The fourth-order valence-electron chi connectivity index (χ4n) is 2.58. The average molecular weight is 279 g/mol. The molecule has 0 spiro atoms. The first kappa shape index (κ1) is 14.7. The number of nitrogens with one attached hydrogen (secondary N) is 1. The van der Waals surface area contributed by atoms with E-state index in [-0.39, 0.29) is 40.5 Å². The van der Waals surface area contributed by atoms with Gasteiger partial charge in [0.15, 0.2) is 0 Å². The van der Waals surface area contributed by atoms with Crippen molar-refractivity contribution in [1.29, 1.82) is 0 Å². The summed E-state index contributed by atoms with van der Waals surface area (Å²) in [5.41, 5.74) is 0.128. The van der Waals surface area contributed by atoms with Gasteiger partial charge in [0.1, 0.15) is 11.5 Å². The Morgan fingerprint density at radius 1 is 1.35 bits per heavy atom. The number of ether oxygens (including phenoxy) is 1. The van der Waals surface area contributed by atoms with Gasteiger partial charge >= 0.3 is 0 Å². The van der Waals surface area contributed by atoms with Gasteiger partial charge in [-0.2, -0.15) is 0 Å². The largest absolute Gasteiger partial charge is 0.508 e. The van der Waals surface area contributed by atoms with E-state index < -0.39 is 0 Å². The van der Waals surface area contributed by atoms with E-state index in [0.29, 0.717) is 6.61 Å². The third-order valence-electron chi connectivity index (χ3n) is 4.02. The van der Waals surface area contributed by atoms with E-state index in [1.807, 2.05) is 6.92 Å². The van der Waals surface area contributed by atoms with Crippen molar-refractivity contribution < 1.29 is 19.7 Å². The zero-order valence-corrected chi connectivity index (χ0v) is 12.0. The molecule has 110 valence electrons. The zero-order valence-electron chi connectivity index (χ0n) is 12.0. The lowest BCUT2D eigenvalue weighted by molar-refractivity contribution is -0.111. The molecule has 1 amide bonds. The van der Waals surface area contributed by atoms with Crippen LogP contribution in [0.3, 0.4) is 0 Å². The van der Waals surface area contributed by atoms with Gasteiger partial charge in [-0.05, 0) is 25.5 Å². The molecule has 1 aliphatic rings. The van der Waals surface area contributed by atoms with Gasteiger partial charge in [-0.15, -0.1) is 0 Å². The number of amides is 1. The van der Waals surface area contributed by atoms with E-state index in [2.05, 4.69) is 19.2 Å². The summed E-state index contributed by atoms with van der Waals surface area (Å²) in [6, 6.07) is 3.88. The molecule has 1 aromatic rings. The van der Waals surface area contributed by atoms with Gasteiger partial charge in [-0.1, -0.05) is 13.8 Å². The number of phenolic OH excluding ortho intramolecular Hbond substituents is 2. The number of hydrogen-bond donors (Lipinski definition) is 3. The SMILES string of the molecule is CCOC1CC(NC(=O)c2cc(O)cc(O)c2)C1(C)C. The van der Waals surface area contributed by atoms with Crippen LogP contribution in [0.25, 0.3) is 0 Å². The first-order valence-electron chi connectivity index (χ1n) is 6.80. The predicted octanol–water partition coefficient (Wildman–Crippen LogP) is 2.03. The van der Waals surface area contributed by atoms with E-state index in [1.54, 1.807) is 0 Å². The molecule has 2 atom stereocenters. The zero-order chi connectivity index (χ0) is 14.9. The Balaban J connectivity index is 2.02. The standard InChI is InChI=1S/C15H21NO4/c1-4-20-13-8-12(15(13,2)3)16-14(19)9-5-10(17)7-11(18)6-9/h5-7,12-13,17-18H,4,8H2,1-3H3,(H,16,19). The topological polar surface area (TPSA) is 78.8 Å². The van der Waals surface area contributed by atoms with Crippen LogP contribution in [0.1, 0.15) is 37.6 Å². The van der Waals surface area contributed by atoms with Crippen molar-refractivity contribution in [1.82, 2.24) is 5.32 Å². The molecule has 0 aromatic heterocycles. The second kappa shape index (κ2) is 5.32. The van der Waals surface area contributed by atoms with Gasteiger partial charge in [0, 0.05) is 29.7 Å². The summed E-state index contributed by atoms with van der Waals surface area (Å²) in [7, 11) is 0. The lowest BCUT2D eigenvalue weighted by Crippen LogP contribution is -2.62. The van der Waals surface area contributed by atoms with Crippen molar-refractivity contribution in [2.45, 2.75) is 39.3 Å². The van der Waals surface area contributed by atoms with Crippen molar-refractivity contribution in [2.24, 2.45) is 5.41 Å². The molecule has 1 fully saturated rings. The summed E-state index contributed by atoms with van der Waals surface area (Å²) in [5.74, 6) is -0.561. The van der Waals surface area contributed by atoms with Gasteiger partial charge in [0.05, 0.1) is 6.10 Å². The second-order valence-corrected chi connectivity index (χ2v) is 5.77. The van der Waals surface area contributed by atoms with Crippen LogP contribution in [0.4, 0.5) is 0 Å². The molecule has 0 aliphatic heterocycles. The lowest BCUT2D eigenvalue weighted by atomic mass is 9.64. The van der Waals surface area contributed by atoms with Crippen LogP contribution in [0.2, 0.25) is 0 Å². The monoisotopic (exact) mass is 279 g/mol. The number of carbonyl (C=O) groups is 1. The number of aromatic hydroxyl groups is 2. The van der Waals surface area contributed by atoms with Gasteiger partial charge < -0.3 is 20.3 Å². The number of rotatable bonds is 4. The Kier molecular flexibility index (Phi) is 3.90. The van der Waals surface area contributed by atoms with Gasteiger partial charge in [0.25, 0.3) is 5.91 Å². The quantitative estimate of drug-likeness (QED) is 0.788. The summed E-state index contributed by atoms with van der Waals surface area (Å²) in [6.07, 6.45) is 0.924. The first-order chi connectivity index (χ1) is 9.34. The maximum absolute atomic E-state index is 12.1. The smallest absolute Gasteiger partial charge is 0.251 e. The minimum Gasteiger partial charge on any atom is -0.508 e. The van der Waals surface area contributed by atoms with E-state index in [0.717, 1.165) is 6.42 Å². The van der Waals surface area contributed by atoms with Crippen LogP contribution in [-0.4, -0.2) is 34.9 Å². The van der Waals surface area contributed by atoms with Crippen LogP contribution in [-0.2, 0) is 4.74 Å². The fraction of sp³-hybridized carbons (Fsp3) is 0.533. The number of phenols is 2. The third-order valence-corrected chi connectivity index (χ3v) is 4.02. The normalized spacial score (nSPS) is 23.9. The molecule has 0 saturated heterocycles. The summed E-state index contributed by atoms with van der Waals surface area (Å²) in [6.45, 7) is 6.73. The first-order valence-corrected chi connectivity index (χ1v) is 6.80. The molecule has 3 N–H and O–H groups in total. The molecule has 2 unspecified atom stereocenters. The summed E-state index contributed by atoms with van der Waals surface area (Å²) < 4.78 is 5.62. The van der Waals surface area contributed by atoms with Crippen LogP contribution < -0.4 is 5.32 Å². The van der Waals surface area contributed by atoms with Gasteiger partial charge in [-0.25, -0.2) is 0 Å². The predicted molar refractivity (Wildman–Crippen MR) is 74.8 cm³/mol. The third kappa shape index (κ3) is 2.72. The number of benzene rings is 1. The van der Waals surface area contributed by atoms with E-state index in [4.69, 9.17) is 4.74 Å². The van der Waals surface area contributed by atoms with Crippen LogP contribution in [0, 0.1) is 5.41 Å². The van der Waals surface area contributed by atoms with Gasteiger partial charge in [0.2, 0.25) is 0 Å². The Hall–Kier alpha value is -1.75. The highest BCUT2D eigenvalue weighted by atomic mass is 16.5. The van der Waals surface area contributed by atoms with E-state index in [1.165, 1.54) is 18.2 Å². The average Bonchev–Trinajstić information content (AvgIpc) is 2.36. The molecular weight excluding hydrogens is 258 g/mol. The molecule has 5 heteroatoms. The highest BCUT2D eigenvalue weighted by molar-refractivity contribution is 5.95. The molecule has 0 heterocycles. The molecule has 5 nitrogen and oxygen atoms in total. The van der Waals surface area contributed by atoms with E-state index in [9.17, 15) is 15.0 Å². The molecule has 20 heavy (non-hydrogen) atoms. The second-order valence-electron chi connectivity index (χ2n) is 5.77. The minimum absolute atomic E-state index is 0.0241. The molecule has 1 aliphatic carbocycles. The molecule has 2 rings (SSSR count). The van der Waals surface area contributed by atoms with Crippen molar-refractivity contribution >= 4 is 5.91 Å².